The van der Waals surface area contributed by atoms with Crippen LogP contribution in [-0.4, -0.2) is 30.6 Å². The number of nitrogens with zero attached hydrogens (tertiary/aromatic N) is 1. The van der Waals surface area contributed by atoms with Gasteiger partial charge in [-0.05, 0) is 12.1 Å². The molecular weight excluding hydrogens is 258 g/mol. The molecule has 0 saturated carbocycles. The number of rotatable bonds is 4. The van der Waals surface area contributed by atoms with Crippen molar-refractivity contribution in [3.8, 4) is 11.5 Å². The second-order valence-electron chi connectivity index (χ2n) is 3.40. The molecule has 0 fully saturated rings. The van der Waals surface area contributed by atoms with E-state index in [2.05, 4.69) is 14.7 Å². The number of hydrogen-bond acceptors (Lipinski definition) is 5. The van der Waals surface area contributed by atoms with E-state index >= 15 is 0 Å². The smallest absolute Gasteiger partial charge is 0.279 e. The van der Waals surface area contributed by atoms with Crippen molar-refractivity contribution in [2.45, 2.75) is 5.03 Å². The molecule has 0 unspecified atom stereocenters. The summed E-state index contributed by atoms with van der Waals surface area (Å²) in [6.07, 6.45) is 2.42. The third-order valence-corrected chi connectivity index (χ3v) is 3.50. The molecule has 0 aliphatic carbocycles. The maximum atomic E-state index is 11.8. The molecule has 1 heterocycles. The molecule has 0 saturated heterocycles. The summed E-state index contributed by atoms with van der Waals surface area (Å²) in [6.45, 7) is 0. The third kappa shape index (κ3) is 2.38. The molecule has 3 N–H and O–H groups in total. The van der Waals surface area contributed by atoms with E-state index in [4.69, 9.17) is 4.74 Å². The predicted octanol–water partition coefficient (Wildman–Crippen LogP) is 0.925. The average Bonchev–Trinajstić information content (AvgIpc) is 2.86. The summed E-state index contributed by atoms with van der Waals surface area (Å²) < 4.78 is 30.8. The van der Waals surface area contributed by atoms with Crippen molar-refractivity contribution in [1.29, 1.82) is 0 Å². The molecule has 0 atom stereocenters. The van der Waals surface area contributed by atoms with Crippen LogP contribution >= 0.6 is 0 Å². The number of aromatic nitrogens is 2. The van der Waals surface area contributed by atoms with Crippen molar-refractivity contribution in [2.24, 2.45) is 0 Å². The summed E-state index contributed by atoms with van der Waals surface area (Å²) in [6, 6.07) is 4.25. The molecule has 2 rings (SSSR count). The first-order valence-corrected chi connectivity index (χ1v) is 6.39. The van der Waals surface area contributed by atoms with E-state index in [1.807, 2.05) is 0 Å². The van der Waals surface area contributed by atoms with E-state index < -0.39 is 10.0 Å². The van der Waals surface area contributed by atoms with E-state index in [0.29, 0.717) is 5.75 Å². The zero-order valence-corrected chi connectivity index (χ0v) is 10.2. The quantitative estimate of drug-likeness (QED) is 0.716. The number of aromatic hydroxyl groups is 1. The molecule has 7 nitrogen and oxygen atoms in total. The van der Waals surface area contributed by atoms with Gasteiger partial charge >= 0.3 is 0 Å². The van der Waals surface area contributed by atoms with Crippen LogP contribution in [0.4, 0.5) is 5.69 Å². The number of anilines is 1. The number of sulfonamides is 1. The predicted molar refractivity (Wildman–Crippen MR) is 64.1 cm³/mol. The minimum Gasteiger partial charge on any atom is -0.506 e. The molecule has 18 heavy (non-hydrogen) atoms. The minimum atomic E-state index is -3.78. The summed E-state index contributed by atoms with van der Waals surface area (Å²) in [4.78, 5) is 6.09. The summed E-state index contributed by atoms with van der Waals surface area (Å²) in [5.41, 5.74) is 0.0606. The van der Waals surface area contributed by atoms with Gasteiger partial charge in [-0.3, -0.25) is 4.72 Å². The molecule has 0 bridgehead atoms. The minimum absolute atomic E-state index is 0.0606. The number of nitrogens with one attached hydrogen (secondary N) is 2. The molecular formula is C10H11N3O4S. The van der Waals surface area contributed by atoms with Crippen LogP contribution < -0.4 is 9.46 Å². The topological polar surface area (TPSA) is 104 Å². The van der Waals surface area contributed by atoms with Crippen LogP contribution in [0.2, 0.25) is 0 Å². The lowest BCUT2D eigenvalue weighted by Crippen LogP contribution is -2.13. The van der Waals surface area contributed by atoms with Crippen LogP contribution in [0.15, 0.2) is 35.7 Å². The van der Waals surface area contributed by atoms with Crippen molar-refractivity contribution in [2.75, 3.05) is 11.8 Å². The number of ether oxygens (including phenoxy) is 1. The Morgan fingerprint density at radius 1 is 1.44 bits per heavy atom. The van der Waals surface area contributed by atoms with Gasteiger partial charge in [0.05, 0.1) is 25.3 Å². The highest BCUT2D eigenvalue weighted by molar-refractivity contribution is 7.92. The molecule has 8 heteroatoms. The number of benzene rings is 1. The standard InChI is InChI=1S/C10H11N3O4S/c1-17-7-2-3-8(9(14)4-7)13-18(15,16)10-5-11-6-12-10/h2-6,13-14H,1H3,(H,11,12). The van der Waals surface area contributed by atoms with E-state index in [1.54, 1.807) is 0 Å². The van der Waals surface area contributed by atoms with Gasteiger partial charge in [-0.25, -0.2) is 4.98 Å². The van der Waals surface area contributed by atoms with Gasteiger partial charge in [0.2, 0.25) is 0 Å². The third-order valence-electron chi connectivity index (χ3n) is 2.21. The number of phenols is 1. The normalized spacial score (nSPS) is 11.2. The Kier molecular flexibility index (Phi) is 3.11. The fraction of sp³-hybridized carbons (Fsp3) is 0.100. The highest BCUT2D eigenvalue weighted by Crippen LogP contribution is 2.29. The first kappa shape index (κ1) is 12.2. The van der Waals surface area contributed by atoms with Gasteiger partial charge in [0, 0.05) is 6.07 Å². The second-order valence-corrected chi connectivity index (χ2v) is 5.06. The van der Waals surface area contributed by atoms with Crippen molar-refractivity contribution in [3.05, 3.63) is 30.7 Å². The van der Waals surface area contributed by atoms with Crippen LogP contribution in [0, 0.1) is 0 Å². The van der Waals surface area contributed by atoms with Crippen molar-refractivity contribution in [1.82, 2.24) is 9.97 Å². The maximum Gasteiger partial charge on any atom is 0.279 e. The van der Waals surface area contributed by atoms with Crippen LogP contribution in [0.25, 0.3) is 0 Å². The number of imidazole rings is 1. The van der Waals surface area contributed by atoms with Crippen LogP contribution in [-0.2, 0) is 10.0 Å². The Labute approximate surface area is 104 Å². The number of hydrogen-bond donors (Lipinski definition) is 3. The molecule has 96 valence electrons. The molecule has 0 spiro atoms. The van der Waals surface area contributed by atoms with Crippen molar-refractivity contribution < 1.29 is 18.3 Å². The van der Waals surface area contributed by atoms with Gasteiger partial charge in [-0.2, -0.15) is 8.42 Å². The van der Waals surface area contributed by atoms with Gasteiger partial charge < -0.3 is 14.8 Å². The van der Waals surface area contributed by atoms with E-state index in [-0.39, 0.29) is 16.5 Å². The number of phenolic OH excluding ortho intramolecular Hbond substituents is 1. The Hall–Kier alpha value is -2.22. The number of methoxy groups -OCH3 is 1. The monoisotopic (exact) mass is 269 g/mol. The van der Waals surface area contributed by atoms with E-state index in [1.165, 1.54) is 37.8 Å². The largest absolute Gasteiger partial charge is 0.506 e. The molecule has 1 aromatic carbocycles. The maximum absolute atomic E-state index is 11.8. The molecule has 0 aliphatic heterocycles. The summed E-state index contributed by atoms with van der Waals surface area (Å²) in [5.74, 6) is 0.203. The van der Waals surface area contributed by atoms with Crippen LogP contribution in [0.5, 0.6) is 11.5 Å². The lowest BCUT2D eigenvalue weighted by molar-refractivity contribution is 0.408. The number of H-pyrrole nitrogens is 1. The van der Waals surface area contributed by atoms with Gasteiger partial charge in [0.1, 0.15) is 11.5 Å². The fourth-order valence-electron chi connectivity index (χ4n) is 1.31. The average molecular weight is 269 g/mol. The Balaban J connectivity index is 2.30. The van der Waals surface area contributed by atoms with Crippen LogP contribution in [0.1, 0.15) is 0 Å². The van der Waals surface area contributed by atoms with Gasteiger partial charge in [0.25, 0.3) is 10.0 Å². The lowest BCUT2D eigenvalue weighted by Gasteiger charge is -2.09. The van der Waals surface area contributed by atoms with Gasteiger partial charge in [-0.15, -0.1) is 0 Å². The highest BCUT2D eigenvalue weighted by Gasteiger charge is 2.17. The molecule has 0 amide bonds. The highest BCUT2D eigenvalue weighted by atomic mass is 32.2. The van der Waals surface area contributed by atoms with E-state index in [9.17, 15) is 13.5 Å². The zero-order chi connectivity index (χ0) is 13.2. The zero-order valence-electron chi connectivity index (χ0n) is 9.41. The van der Waals surface area contributed by atoms with Crippen molar-refractivity contribution >= 4 is 15.7 Å². The summed E-state index contributed by atoms with van der Waals surface area (Å²) in [5, 5.41) is 9.57. The first-order chi connectivity index (χ1) is 8.53. The van der Waals surface area contributed by atoms with Gasteiger partial charge in [0.15, 0.2) is 5.03 Å². The molecule has 0 radical (unpaired) electrons. The Morgan fingerprint density at radius 3 is 2.78 bits per heavy atom. The summed E-state index contributed by atoms with van der Waals surface area (Å²) in [7, 11) is -2.33. The Morgan fingerprint density at radius 2 is 2.22 bits per heavy atom. The first-order valence-electron chi connectivity index (χ1n) is 4.91. The molecule has 1 aromatic heterocycles. The molecule has 2 aromatic rings. The Bertz CT molecular complexity index is 637. The SMILES string of the molecule is COc1ccc(NS(=O)(=O)c2cnc[nH]2)c(O)c1. The fourth-order valence-corrected chi connectivity index (χ4v) is 2.29. The van der Waals surface area contributed by atoms with Crippen LogP contribution in [0.3, 0.4) is 0 Å². The second kappa shape index (κ2) is 4.57. The summed E-state index contributed by atoms with van der Waals surface area (Å²) >= 11 is 0. The lowest BCUT2D eigenvalue weighted by atomic mass is 10.3. The molecule has 0 aliphatic rings. The van der Waals surface area contributed by atoms with Gasteiger partial charge in [-0.1, -0.05) is 0 Å². The van der Waals surface area contributed by atoms with E-state index in [0.717, 1.165) is 0 Å². The van der Waals surface area contributed by atoms with Crippen molar-refractivity contribution in [3.63, 3.8) is 0 Å². The number of aromatic amines is 1.